The van der Waals surface area contributed by atoms with Gasteiger partial charge in [-0.15, -0.1) is 0 Å². The Balaban J connectivity index is 0.00000508. The van der Waals surface area contributed by atoms with E-state index in [1.54, 1.807) is 6.26 Å². The summed E-state index contributed by atoms with van der Waals surface area (Å²) in [7, 11) is 3.07. The number of carbonyl (C=O) groups is 4. The Bertz CT molecular complexity index is 1230. The summed E-state index contributed by atoms with van der Waals surface area (Å²) in [6.07, 6.45) is -0.735. The van der Waals surface area contributed by atoms with Gasteiger partial charge in [-0.1, -0.05) is 0 Å². The monoisotopic (exact) mass is 688 g/mol. The van der Waals surface area contributed by atoms with Gasteiger partial charge in [0.25, 0.3) is 11.4 Å². The predicted molar refractivity (Wildman–Crippen MR) is 166 cm³/mol. The van der Waals surface area contributed by atoms with Gasteiger partial charge in [0.2, 0.25) is 0 Å². The van der Waals surface area contributed by atoms with Crippen LogP contribution in [0.2, 0.25) is 0 Å². The molecule has 2 aromatic carbocycles. The number of nitro benzene ring substituents is 2. The van der Waals surface area contributed by atoms with Crippen LogP contribution in [-0.4, -0.2) is 118 Å². The van der Waals surface area contributed by atoms with Crippen molar-refractivity contribution >= 4 is 49.1 Å². The van der Waals surface area contributed by atoms with Crippen LogP contribution in [-0.2, 0) is 28.6 Å². The fourth-order valence-corrected chi connectivity index (χ4v) is 2.87. The molecule has 0 unspecified atom stereocenters. The Kier molecular flexibility index (Phi) is 22.3. The molecule has 0 bridgehead atoms. The first-order chi connectivity index (χ1) is 22.6. The van der Waals surface area contributed by atoms with Gasteiger partial charge in [0, 0.05) is 38.4 Å². The summed E-state index contributed by atoms with van der Waals surface area (Å²) in [5, 5.41) is 21.5. The normalized spacial score (nSPS) is 9.62. The Morgan fingerprint density at radius 2 is 1.17 bits per heavy atom. The number of nitro groups is 2. The number of ether oxygens (including phenoxy) is 5. The highest BCUT2D eigenvalue weighted by molar-refractivity contribution is 7.79. The van der Waals surface area contributed by atoms with Crippen LogP contribution in [0.1, 0.15) is 0 Å². The van der Waals surface area contributed by atoms with Gasteiger partial charge >= 0.3 is 18.3 Å². The molecular weight excluding hydrogens is 652 g/mol. The van der Waals surface area contributed by atoms with Crippen molar-refractivity contribution in [3.05, 3.63) is 68.8 Å². The number of rotatable bonds is 17. The third kappa shape index (κ3) is 18.4. The topological polar surface area (TPSA) is 226 Å². The van der Waals surface area contributed by atoms with Crippen LogP contribution < -0.4 is 9.62 Å². The summed E-state index contributed by atoms with van der Waals surface area (Å²) in [6.45, 7) is 1.28. The molecule has 19 nitrogen and oxygen atoms in total. The third-order valence-corrected chi connectivity index (χ3v) is 5.01. The molecule has 2 aromatic rings. The van der Waals surface area contributed by atoms with Crippen LogP contribution in [0.25, 0.3) is 0 Å². The first-order valence-corrected chi connectivity index (χ1v) is 14.2. The molecule has 0 atom stereocenters. The number of hydrogen-bond acceptors (Lipinski definition) is 16. The van der Waals surface area contributed by atoms with Gasteiger partial charge < -0.3 is 43.2 Å². The summed E-state index contributed by atoms with van der Waals surface area (Å²) in [6, 6.07) is 9.86. The third-order valence-electron chi connectivity index (χ3n) is 5.01. The summed E-state index contributed by atoms with van der Waals surface area (Å²) in [5.74, 6) is 0.200. The molecule has 0 radical (unpaired) electrons. The van der Waals surface area contributed by atoms with Crippen molar-refractivity contribution in [1.29, 1.82) is 0 Å². The number of hydrogen-bond donors (Lipinski definition) is 1. The molecule has 2 amide bonds. The summed E-state index contributed by atoms with van der Waals surface area (Å²) in [4.78, 5) is 76.8. The summed E-state index contributed by atoms with van der Waals surface area (Å²) >= 11 is 3.53. The predicted octanol–water partition coefficient (Wildman–Crippen LogP) is 3.54. The van der Waals surface area contributed by atoms with Crippen LogP contribution in [0.3, 0.4) is 0 Å². The Labute approximate surface area is 274 Å². The molecule has 0 saturated carbocycles. The minimum Gasteiger partial charge on any atom is -0.447 e. The van der Waals surface area contributed by atoms with Crippen molar-refractivity contribution in [2.45, 2.75) is 0 Å². The van der Waals surface area contributed by atoms with Gasteiger partial charge in [0.1, 0.15) is 39.0 Å². The standard InChI is InChI=1S/C25H30N4O14.CH2O.CH4S/c1-26(2)23(30)38-17-15-37-16-18-39-24(31)27(12-14-41-43-22-9-5-20(6-10-22)29(35)36)11-13-40-25(32)42-21-7-3-19(4-8-21)28(33)34;2*1-2/h3-10H,11-18H2,1-2H3;1H2;2H,1H3. The number of carbonyl (C=O) groups excluding carboxylic acids is 4. The molecular formula is C27H36N4O15S. The number of nitrogens with zero attached hydrogens (tertiary/aromatic N) is 4. The van der Waals surface area contributed by atoms with Crippen LogP contribution in [0.15, 0.2) is 48.5 Å². The maximum atomic E-state index is 12.6. The Morgan fingerprint density at radius 3 is 1.66 bits per heavy atom. The van der Waals surface area contributed by atoms with Crippen molar-refractivity contribution < 1.29 is 62.5 Å². The lowest BCUT2D eigenvalue weighted by molar-refractivity contribution is -0.385. The van der Waals surface area contributed by atoms with E-state index < -0.39 is 28.2 Å². The lowest BCUT2D eigenvalue weighted by Crippen LogP contribution is -2.38. The number of thiol groups is 1. The van der Waals surface area contributed by atoms with E-state index in [0.717, 1.165) is 17.0 Å². The molecule has 0 heterocycles. The van der Waals surface area contributed by atoms with Crippen LogP contribution in [0.5, 0.6) is 11.5 Å². The van der Waals surface area contributed by atoms with E-state index in [4.69, 9.17) is 38.3 Å². The highest BCUT2D eigenvalue weighted by Gasteiger charge is 2.17. The number of amides is 2. The minimum atomic E-state index is -1.11. The molecule has 260 valence electrons. The lowest BCUT2D eigenvalue weighted by Gasteiger charge is -2.21. The molecule has 0 N–H and O–H groups in total. The molecule has 2 rings (SSSR count). The van der Waals surface area contributed by atoms with Crippen molar-refractivity contribution in [3.63, 3.8) is 0 Å². The second-order valence-corrected chi connectivity index (χ2v) is 8.33. The van der Waals surface area contributed by atoms with Crippen molar-refractivity contribution in [2.75, 3.05) is 73.1 Å². The van der Waals surface area contributed by atoms with E-state index in [1.165, 1.54) is 55.4 Å². The maximum Gasteiger partial charge on any atom is 0.513 e. The second-order valence-electron chi connectivity index (χ2n) is 8.33. The van der Waals surface area contributed by atoms with E-state index in [9.17, 15) is 34.6 Å². The van der Waals surface area contributed by atoms with Gasteiger partial charge in [0.05, 0.1) is 36.1 Å². The molecule has 0 aliphatic rings. The molecule has 0 aliphatic carbocycles. The molecule has 0 aromatic heterocycles. The molecule has 20 heteroatoms. The first kappa shape index (κ1) is 41.8. The average molecular weight is 689 g/mol. The van der Waals surface area contributed by atoms with E-state index in [-0.39, 0.29) is 75.6 Å². The van der Waals surface area contributed by atoms with E-state index >= 15 is 0 Å². The number of non-ortho nitro benzene ring substituents is 2. The van der Waals surface area contributed by atoms with E-state index in [0.29, 0.717) is 0 Å². The van der Waals surface area contributed by atoms with Gasteiger partial charge in [-0.2, -0.15) is 17.5 Å². The fraction of sp³-hybridized carbons (Fsp3) is 0.407. The maximum absolute atomic E-state index is 12.6. The van der Waals surface area contributed by atoms with Gasteiger partial charge in [-0.25, -0.2) is 14.4 Å². The van der Waals surface area contributed by atoms with Crippen LogP contribution >= 0.6 is 12.6 Å². The van der Waals surface area contributed by atoms with E-state index in [1.807, 2.05) is 6.79 Å². The number of benzene rings is 2. The first-order valence-electron chi connectivity index (χ1n) is 13.3. The highest BCUT2D eigenvalue weighted by Crippen LogP contribution is 2.18. The summed E-state index contributed by atoms with van der Waals surface area (Å²) in [5.41, 5.74) is -0.320. The zero-order chi connectivity index (χ0) is 35.6. The van der Waals surface area contributed by atoms with Crippen molar-refractivity contribution in [2.24, 2.45) is 0 Å². The fourth-order valence-electron chi connectivity index (χ4n) is 2.87. The molecule has 0 saturated heterocycles. The minimum absolute atomic E-state index is 0.0104. The van der Waals surface area contributed by atoms with Crippen molar-refractivity contribution in [1.82, 2.24) is 9.80 Å². The lowest BCUT2D eigenvalue weighted by atomic mass is 10.3. The quantitative estimate of drug-likeness (QED) is 0.0366. The molecule has 0 spiro atoms. The van der Waals surface area contributed by atoms with Gasteiger partial charge in [-0.05, 0) is 30.5 Å². The average Bonchev–Trinajstić information content (AvgIpc) is 3.07. The zero-order valence-corrected chi connectivity index (χ0v) is 26.7. The summed E-state index contributed by atoms with van der Waals surface area (Å²) < 4.78 is 25.2. The van der Waals surface area contributed by atoms with Gasteiger partial charge in [-0.3, -0.25) is 20.2 Å². The van der Waals surface area contributed by atoms with Crippen LogP contribution in [0.4, 0.5) is 25.8 Å². The molecule has 47 heavy (non-hydrogen) atoms. The SMILES string of the molecule is C=O.CN(C)C(=O)OCCOCCOC(=O)N(CCOOc1ccc([N+](=O)[O-])cc1)CCOC(=O)Oc1ccc([N+](=O)[O-])cc1.CS. The zero-order valence-electron chi connectivity index (χ0n) is 25.8. The van der Waals surface area contributed by atoms with Crippen molar-refractivity contribution in [3.8, 4) is 11.5 Å². The highest BCUT2D eigenvalue weighted by atomic mass is 32.1. The van der Waals surface area contributed by atoms with Crippen LogP contribution in [0, 0.1) is 20.2 Å². The smallest absolute Gasteiger partial charge is 0.447 e. The molecule has 0 aliphatic heterocycles. The molecule has 0 fully saturated rings. The largest absolute Gasteiger partial charge is 0.513 e. The Hall–Kier alpha value is -5.21. The second kappa shape index (κ2) is 25.0. The Morgan fingerprint density at radius 1 is 0.702 bits per heavy atom. The van der Waals surface area contributed by atoms with Gasteiger partial charge in [0.15, 0.2) is 5.75 Å². The van der Waals surface area contributed by atoms with E-state index in [2.05, 4.69) is 12.6 Å².